The van der Waals surface area contributed by atoms with Gasteiger partial charge < -0.3 is 9.84 Å². The second-order valence-corrected chi connectivity index (χ2v) is 8.98. The fourth-order valence-electron chi connectivity index (χ4n) is 4.73. The van der Waals surface area contributed by atoms with E-state index in [1.165, 1.54) is 18.5 Å². The number of nitrogens with zero attached hydrogens (tertiary/aromatic N) is 3. The third-order valence-corrected chi connectivity index (χ3v) is 6.54. The smallest absolute Gasteiger partial charge is 0.339 e. The van der Waals surface area contributed by atoms with Crippen LogP contribution in [0.4, 0.5) is 0 Å². The van der Waals surface area contributed by atoms with Crippen molar-refractivity contribution >= 4 is 24.3 Å². The first-order valence-corrected chi connectivity index (χ1v) is 11.4. The van der Waals surface area contributed by atoms with Crippen LogP contribution in [0.3, 0.4) is 0 Å². The topological polar surface area (TPSA) is 123 Å². The van der Waals surface area contributed by atoms with Crippen LogP contribution >= 0.6 is 12.4 Å². The van der Waals surface area contributed by atoms with Gasteiger partial charge in [0, 0.05) is 30.4 Å². The number of aromatic carboxylic acids is 1. The molecule has 2 aliphatic rings. The quantitative estimate of drug-likeness (QED) is 0.233. The highest BCUT2D eigenvalue weighted by Gasteiger charge is 2.29. The summed E-state index contributed by atoms with van der Waals surface area (Å²) in [5.41, 5.74) is 0.362. The number of aromatic nitrogens is 1. The van der Waals surface area contributed by atoms with Crippen molar-refractivity contribution < 1.29 is 24.4 Å². The molecule has 34 heavy (non-hydrogen) atoms. The van der Waals surface area contributed by atoms with Crippen LogP contribution in [0, 0.1) is 22.0 Å². The zero-order valence-electron chi connectivity index (χ0n) is 19.5. The third kappa shape index (κ3) is 7.36. The van der Waals surface area contributed by atoms with Crippen LogP contribution in [0.25, 0.3) is 0 Å². The molecule has 1 aromatic rings. The van der Waals surface area contributed by atoms with Crippen LogP contribution in [0.1, 0.15) is 66.7 Å². The Kier molecular flexibility index (Phi) is 10.2. The summed E-state index contributed by atoms with van der Waals surface area (Å²) in [6.45, 7) is 5.31. The molecule has 9 nitrogen and oxygen atoms in total. The highest BCUT2D eigenvalue weighted by Crippen LogP contribution is 2.31. The maximum atomic E-state index is 12.3. The number of piperidine rings is 1. The molecule has 3 rings (SSSR count). The van der Waals surface area contributed by atoms with E-state index in [0.717, 1.165) is 32.2 Å². The lowest BCUT2D eigenvalue weighted by Gasteiger charge is -2.41. The van der Waals surface area contributed by atoms with Gasteiger partial charge in [-0.1, -0.05) is 12.2 Å². The van der Waals surface area contributed by atoms with E-state index < -0.39 is 11.9 Å². The van der Waals surface area contributed by atoms with E-state index in [9.17, 15) is 19.7 Å². The number of halogens is 1. The zero-order chi connectivity index (χ0) is 24.0. The monoisotopic (exact) mass is 493 g/mol. The molecule has 1 saturated heterocycles. The summed E-state index contributed by atoms with van der Waals surface area (Å²) in [7, 11) is 0. The molecule has 1 aromatic heterocycles. The van der Waals surface area contributed by atoms with Crippen LogP contribution in [0.2, 0.25) is 0 Å². The Morgan fingerprint density at radius 2 is 2.06 bits per heavy atom. The van der Waals surface area contributed by atoms with Crippen LogP contribution in [-0.4, -0.2) is 57.1 Å². The first-order valence-electron chi connectivity index (χ1n) is 11.4. The Morgan fingerprint density at radius 3 is 2.74 bits per heavy atom. The number of hydrogen-bond acceptors (Lipinski definition) is 7. The molecule has 4 atom stereocenters. The molecule has 0 spiro atoms. The number of carbonyl (C=O) groups excluding carboxylic acids is 1. The number of rotatable bonds is 9. The minimum absolute atomic E-state index is 0. The lowest BCUT2D eigenvalue weighted by atomic mass is 9.84. The average Bonchev–Trinajstić information content (AvgIpc) is 2.81. The maximum absolute atomic E-state index is 12.3. The van der Waals surface area contributed by atoms with E-state index in [1.54, 1.807) is 6.08 Å². The number of carboxylic acid groups (broad SMARTS) is 1. The van der Waals surface area contributed by atoms with E-state index in [0.29, 0.717) is 24.1 Å². The number of carbonyl (C=O) groups is 2. The third-order valence-electron chi connectivity index (χ3n) is 6.54. The Hall–Kier alpha value is -2.78. The van der Waals surface area contributed by atoms with Crippen molar-refractivity contribution in [3.8, 4) is 0 Å². The van der Waals surface area contributed by atoms with Crippen molar-refractivity contribution in [3.05, 3.63) is 63.6 Å². The van der Waals surface area contributed by atoms with Gasteiger partial charge in [0.05, 0.1) is 22.5 Å². The molecule has 0 aromatic carbocycles. The van der Waals surface area contributed by atoms with E-state index in [2.05, 4.69) is 22.9 Å². The number of nitro groups is 1. The van der Waals surface area contributed by atoms with Gasteiger partial charge in [-0.15, -0.1) is 12.4 Å². The van der Waals surface area contributed by atoms with E-state index in [4.69, 9.17) is 9.84 Å². The normalized spacial score (nSPS) is 23.4. The molecule has 1 N–H and O–H groups in total. The molecule has 4 unspecified atom stereocenters. The van der Waals surface area contributed by atoms with E-state index in [-0.39, 0.29) is 47.0 Å². The number of esters is 1. The van der Waals surface area contributed by atoms with Gasteiger partial charge in [0.15, 0.2) is 0 Å². The summed E-state index contributed by atoms with van der Waals surface area (Å²) in [5, 5.41) is 20.1. The predicted molar refractivity (Wildman–Crippen MR) is 129 cm³/mol. The number of carboxylic acids is 1. The standard InChI is InChI=1S/C24H31N3O6.ClH/c1-16-10-19(7-6-18-4-3-5-22(11-18)27(31)32)8-9-26(16)17(2)15-33-24(30)21-12-20(23(28)29)13-25-14-21;/h3-4,11-14,16-19H,5-10,15H2,1-2H3,(H,28,29);1H. The summed E-state index contributed by atoms with van der Waals surface area (Å²) < 4.78 is 5.43. The Morgan fingerprint density at radius 1 is 1.32 bits per heavy atom. The van der Waals surface area contributed by atoms with Crippen molar-refractivity contribution in [1.29, 1.82) is 0 Å². The first kappa shape index (κ1) is 27.5. The molecule has 0 bridgehead atoms. The number of hydrogen-bond donors (Lipinski definition) is 1. The fraction of sp³-hybridized carbons (Fsp3) is 0.542. The van der Waals surface area contributed by atoms with Gasteiger partial charge in [0.25, 0.3) is 0 Å². The van der Waals surface area contributed by atoms with Crippen LogP contribution in [0.15, 0.2) is 42.4 Å². The molecule has 0 saturated carbocycles. The van der Waals surface area contributed by atoms with Gasteiger partial charge in [-0.25, -0.2) is 9.59 Å². The van der Waals surface area contributed by atoms with Gasteiger partial charge >= 0.3 is 11.9 Å². The molecule has 1 aliphatic carbocycles. The second-order valence-electron chi connectivity index (χ2n) is 8.98. The summed E-state index contributed by atoms with van der Waals surface area (Å²) in [6.07, 6.45) is 12.7. The number of pyridine rings is 1. The van der Waals surface area contributed by atoms with Crippen molar-refractivity contribution in [2.45, 2.75) is 58.0 Å². The van der Waals surface area contributed by atoms with Crippen LogP contribution in [-0.2, 0) is 4.74 Å². The summed E-state index contributed by atoms with van der Waals surface area (Å²) >= 11 is 0. The Balaban J connectivity index is 0.00000408. The molecule has 0 amide bonds. The van der Waals surface area contributed by atoms with E-state index >= 15 is 0 Å². The highest BCUT2D eigenvalue weighted by atomic mass is 35.5. The van der Waals surface area contributed by atoms with Crippen LogP contribution < -0.4 is 0 Å². The Bertz CT molecular complexity index is 950. The molecular weight excluding hydrogens is 462 g/mol. The number of ether oxygens (including phenoxy) is 1. The van der Waals surface area contributed by atoms with Crippen molar-refractivity contribution in [2.75, 3.05) is 13.2 Å². The van der Waals surface area contributed by atoms with Crippen molar-refractivity contribution in [2.24, 2.45) is 11.8 Å². The molecular formula is C24H32ClN3O6. The largest absolute Gasteiger partial charge is 0.478 e. The average molecular weight is 494 g/mol. The molecule has 0 radical (unpaired) electrons. The number of likely N-dealkylation sites (tertiary alicyclic amines) is 1. The lowest BCUT2D eigenvalue weighted by Crippen LogP contribution is -2.47. The minimum atomic E-state index is -1.14. The summed E-state index contributed by atoms with van der Waals surface area (Å²) in [6, 6.07) is 1.63. The van der Waals surface area contributed by atoms with Gasteiger partial charge in [-0.05, 0) is 64.1 Å². The zero-order valence-corrected chi connectivity index (χ0v) is 20.3. The number of allylic oxidation sites excluding steroid dienone is 3. The molecule has 186 valence electrons. The second kappa shape index (κ2) is 12.6. The Labute approximate surface area is 205 Å². The lowest BCUT2D eigenvalue weighted by molar-refractivity contribution is -0.427. The van der Waals surface area contributed by atoms with Gasteiger partial charge in [-0.2, -0.15) is 0 Å². The van der Waals surface area contributed by atoms with Gasteiger partial charge in [0.1, 0.15) is 6.61 Å². The first-order chi connectivity index (χ1) is 15.7. The SMILES string of the molecule is CC(COC(=O)c1cncc(C(=O)O)c1)N1CCC(CCC2C=CCC([N+](=O)[O-])=C2)CC1C.Cl. The summed E-state index contributed by atoms with van der Waals surface area (Å²) in [4.78, 5) is 40.2. The summed E-state index contributed by atoms with van der Waals surface area (Å²) in [5.74, 6) is -1.02. The van der Waals surface area contributed by atoms with Gasteiger partial charge in [-0.3, -0.25) is 20.0 Å². The van der Waals surface area contributed by atoms with Crippen LogP contribution in [0.5, 0.6) is 0 Å². The molecule has 2 heterocycles. The maximum Gasteiger partial charge on any atom is 0.339 e. The molecule has 10 heteroatoms. The van der Waals surface area contributed by atoms with E-state index in [1.807, 2.05) is 13.0 Å². The predicted octanol–water partition coefficient (Wildman–Crippen LogP) is 4.36. The van der Waals surface area contributed by atoms with Crippen molar-refractivity contribution in [3.63, 3.8) is 0 Å². The molecule has 1 aliphatic heterocycles. The fourth-order valence-corrected chi connectivity index (χ4v) is 4.73. The van der Waals surface area contributed by atoms with Gasteiger partial charge in [0.2, 0.25) is 5.70 Å². The molecule has 1 fully saturated rings. The minimum Gasteiger partial charge on any atom is -0.478 e. The highest BCUT2D eigenvalue weighted by molar-refractivity contribution is 5.93. The van der Waals surface area contributed by atoms with Crippen molar-refractivity contribution in [1.82, 2.24) is 9.88 Å².